The highest BCUT2D eigenvalue weighted by molar-refractivity contribution is 5.69. The molecule has 0 aromatic heterocycles. The van der Waals surface area contributed by atoms with Crippen LogP contribution in [-0.2, 0) is 9.53 Å². The molecule has 0 radical (unpaired) electrons. The van der Waals surface area contributed by atoms with Crippen LogP contribution in [0.4, 0.5) is 0 Å². The fourth-order valence-electron chi connectivity index (χ4n) is 6.62. The summed E-state index contributed by atoms with van der Waals surface area (Å²) in [6.07, 6.45) is 44.8. The summed E-state index contributed by atoms with van der Waals surface area (Å²) in [6.45, 7) is 9.36. The van der Waals surface area contributed by atoms with E-state index in [0.717, 1.165) is 6.42 Å². The molecule has 1 fully saturated rings. The number of hydrogen-bond donors (Lipinski definition) is 1. The van der Waals surface area contributed by atoms with Gasteiger partial charge in [-0.25, -0.2) is 0 Å². The van der Waals surface area contributed by atoms with Crippen molar-refractivity contribution in [1.82, 2.24) is 10.2 Å². The molecular formula is C41H84N2O2. The van der Waals surface area contributed by atoms with Crippen LogP contribution in [0, 0.1) is 0 Å². The Morgan fingerprint density at radius 3 is 1.18 bits per heavy atom. The average molecular weight is 637 g/mol. The van der Waals surface area contributed by atoms with Crippen molar-refractivity contribution in [2.75, 3.05) is 26.7 Å². The smallest absolute Gasteiger partial charge is 0.305 e. The van der Waals surface area contributed by atoms with Crippen LogP contribution in [0.25, 0.3) is 0 Å². The molecule has 4 nitrogen and oxygen atoms in total. The lowest BCUT2D eigenvalue weighted by molar-refractivity contribution is -0.143. The van der Waals surface area contributed by atoms with Crippen LogP contribution in [0.3, 0.4) is 0 Å². The molecule has 1 heterocycles. The minimum absolute atomic E-state index is 0.0304. The Hall–Kier alpha value is -0.610. The maximum Gasteiger partial charge on any atom is 0.305 e. The van der Waals surface area contributed by atoms with E-state index in [1.807, 2.05) is 6.92 Å². The zero-order chi connectivity index (χ0) is 32.9. The van der Waals surface area contributed by atoms with Crippen molar-refractivity contribution in [1.29, 1.82) is 0 Å². The summed E-state index contributed by atoms with van der Waals surface area (Å²) in [5.41, 5.74) is 0. The average Bonchev–Trinajstić information content (AvgIpc) is 3.45. The van der Waals surface area contributed by atoms with Crippen molar-refractivity contribution in [2.24, 2.45) is 0 Å². The van der Waals surface area contributed by atoms with E-state index in [2.05, 4.69) is 31.1 Å². The molecule has 0 saturated carbocycles. The molecule has 1 N–H and O–H groups in total. The Balaban J connectivity index is 0.000000862. The summed E-state index contributed by atoms with van der Waals surface area (Å²) in [7, 11) is 2.25. The summed E-state index contributed by atoms with van der Waals surface area (Å²) in [5.74, 6) is -0.0304. The van der Waals surface area contributed by atoms with Gasteiger partial charge in [0.15, 0.2) is 0 Å². The summed E-state index contributed by atoms with van der Waals surface area (Å²) in [6, 6.07) is 0. The Kier molecular flexibility index (Phi) is 37.3. The van der Waals surface area contributed by atoms with Gasteiger partial charge in [-0.3, -0.25) is 9.69 Å². The van der Waals surface area contributed by atoms with Crippen molar-refractivity contribution < 1.29 is 9.53 Å². The molecule has 0 aliphatic carbocycles. The third kappa shape index (κ3) is 34.5. The van der Waals surface area contributed by atoms with Crippen LogP contribution in [0.1, 0.15) is 226 Å². The number of nitrogens with one attached hydrogen (secondary N) is 1. The molecule has 1 unspecified atom stereocenters. The molecule has 0 spiro atoms. The maximum absolute atomic E-state index is 11.2. The third-order valence-electron chi connectivity index (χ3n) is 9.75. The first-order chi connectivity index (χ1) is 22.2. The zero-order valence-corrected chi connectivity index (χ0v) is 31.6. The van der Waals surface area contributed by atoms with Crippen molar-refractivity contribution in [3.8, 4) is 0 Å². The van der Waals surface area contributed by atoms with E-state index in [4.69, 9.17) is 4.74 Å². The van der Waals surface area contributed by atoms with Gasteiger partial charge in [0.05, 0.1) is 12.8 Å². The quantitative estimate of drug-likeness (QED) is 0.0575. The Bertz CT molecular complexity index is 570. The number of esters is 1. The van der Waals surface area contributed by atoms with E-state index in [0.29, 0.717) is 19.2 Å². The van der Waals surface area contributed by atoms with Gasteiger partial charge in [-0.2, -0.15) is 0 Å². The van der Waals surface area contributed by atoms with Gasteiger partial charge >= 0.3 is 5.97 Å². The van der Waals surface area contributed by atoms with E-state index < -0.39 is 0 Å². The van der Waals surface area contributed by atoms with Crippen LogP contribution >= 0.6 is 0 Å². The lowest BCUT2D eigenvalue weighted by Gasteiger charge is -2.18. The number of carbonyl (C=O) groups excluding carboxylic acids is 1. The van der Waals surface area contributed by atoms with E-state index in [-0.39, 0.29) is 5.97 Å². The number of likely N-dealkylation sites (N-methyl/N-ethyl adjacent to an activating group) is 1. The Labute approximate surface area is 284 Å². The monoisotopic (exact) mass is 637 g/mol. The Morgan fingerprint density at radius 1 is 0.533 bits per heavy atom. The number of rotatable bonds is 33. The molecule has 45 heavy (non-hydrogen) atoms. The van der Waals surface area contributed by atoms with Gasteiger partial charge in [-0.05, 0) is 26.8 Å². The van der Waals surface area contributed by atoms with Gasteiger partial charge in [0.25, 0.3) is 0 Å². The molecule has 0 amide bonds. The summed E-state index contributed by atoms with van der Waals surface area (Å²) in [5, 5.41) is 3.58. The van der Waals surface area contributed by atoms with Crippen molar-refractivity contribution in [2.45, 2.75) is 232 Å². The van der Waals surface area contributed by atoms with Gasteiger partial charge in [-0.15, -0.1) is 0 Å². The molecule has 1 aliphatic heterocycles. The molecule has 1 atom stereocenters. The highest BCUT2D eigenvalue weighted by atomic mass is 16.5. The van der Waals surface area contributed by atoms with E-state index in [9.17, 15) is 4.79 Å². The standard InChI is InChI=1S/C21H44N2.C20H40O2/c1-3-4-5-6-7-8-9-10-11-12-13-14-15-16-17-18-21-22-19-20-23(21)2;1-3-5-6-7-8-9-10-11-12-13-14-15-16-17-18-19-20(21)22-4-2/h21-22H,3-20H2,1-2H3;3-19H2,1-2H3. The van der Waals surface area contributed by atoms with Gasteiger partial charge in [0.1, 0.15) is 0 Å². The van der Waals surface area contributed by atoms with E-state index in [1.54, 1.807) is 0 Å². The number of ether oxygens (including phenoxy) is 1. The van der Waals surface area contributed by atoms with E-state index >= 15 is 0 Å². The highest BCUT2D eigenvalue weighted by Gasteiger charge is 2.18. The van der Waals surface area contributed by atoms with Gasteiger partial charge in [-0.1, -0.05) is 200 Å². The molecule has 1 aliphatic rings. The second kappa shape index (κ2) is 37.8. The van der Waals surface area contributed by atoms with Gasteiger partial charge in [0, 0.05) is 19.5 Å². The third-order valence-corrected chi connectivity index (χ3v) is 9.75. The fraction of sp³-hybridized carbons (Fsp3) is 0.976. The van der Waals surface area contributed by atoms with Crippen molar-refractivity contribution in [3.05, 3.63) is 0 Å². The summed E-state index contributed by atoms with van der Waals surface area (Å²) < 4.78 is 4.92. The van der Waals surface area contributed by atoms with Crippen LogP contribution in [-0.4, -0.2) is 43.8 Å². The maximum atomic E-state index is 11.2. The number of carbonyl (C=O) groups is 1. The predicted molar refractivity (Wildman–Crippen MR) is 200 cm³/mol. The molecule has 4 heteroatoms. The SMILES string of the molecule is CCCCCCCCCCCCCCCCCC(=O)OCC.CCCCCCCCCCCCCCCCCC1NCCN1C. The van der Waals surface area contributed by atoms with E-state index in [1.165, 1.54) is 206 Å². The van der Waals surface area contributed by atoms with Crippen LogP contribution < -0.4 is 5.32 Å². The van der Waals surface area contributed by atoms with Gasteiger partial charge < -0.3 is 10.1 Å². The topological polar surface area (TPSA) is 41.6 Å². The number of nitrogens with zero attached hydrogens (tertiary/aromatic N) is 1. The first-order valence-corrected chi connectivity index (χ1v) is 20.7. The minimum atomic E-state index is -0.0304. The number of hydrogen-bond acceptors (Lipinski definition) is 4. The van der Waals surface area contributed by atoms with Crippen molar-refractivity contribution in [3.63, 3.8) is 0 Å². The molecule has 0 aromatic carbocycles. The second-order valence-electron chi connectivity index (χ2n) is 14.2. The van der Waals surface area contributed by atoms with Gasteiger partial charge in [0.2, 0.25) is 0 Å². The molecular weight excluding hydrogens is 552 g/mol. The van der Waals surface area contributed by atoms with Crippen molar-refractivity contribution >= 4 is 5.97 Å². The van der Waals surface area contributed by atoms with Crippen LogP contribution in [0.5, 0.6) is 0 Å². The first-order valence-electron chi connectivity index (χ1n) is 20.7. The molecule has 0 bridgehead atoms. The highest BCUT2D eigenvalue weighted by Crippen LogP contribution is 2.16. The predicted octanol–water partition coefficient (Wildman–Crippen LogP) is 12.9. The zero-order valence-electron chi connectivity index (χ0n) is 31.6. The van der Waals surface area contributed by atoms with Crippen LogP contribution in [0.2, 0.25) is 0 Å². The normalized spacial score (nSPS) is 14.9. The lowest BCUT2D eigenvalue weighted by Crippen LogP contribution is -2.32. The minimum Gasteiger partial charge on any atom is -0.466 e. The first kappa shape index (κ1) is 44.4. The summed E-state index contributed by atoms with van der Waals surface area (Å²) >= 11 is 0. The fourth-order valence-corrected chi connectivity index (χ4v) is 6.62. The lowest BCUT2D eigenvalue weighted by atomic mass is 10.0. The van der Waals surface area contributed by atoms with Crippen LogP contribution in [0.15, 0.2) is 0 Å². The molecule has 270 valence electrons. The summed E-state index contributed by atoms with van der Waals surface area (Å²) in [4.78, 5) is 13.6. The number of unbranched alkanes of at least 4 members (excludes halogenated alkanes) is 28. The second-order valence-corrected chi connectivity index (χ2v) is 14.2. The molecule has 1 saturated heterocycles. The largest absolute Gasteiger partial charge is 0.466 e. The molecule has 0 aromatic rings. The molecule has 1 rings (SSSR count). The Morgan fingerprint density at radius 2 is 0.867 bits per heavy atom.